The van der Waals surface area contributed by atoms with Crippen LogP contribution < -0.4 is 10.9 Å². The lowest BCUT2D eigenvalue weighted by Crippen LogP contribution is -2.31. The minimum absolute atomic E-state index is 0.140. The quantitative estimate of drug-likeness (QED) is 0.849. The molecule has 1 atom stereocenters. The van der Waals surface area contributed by atoms with Crippen molar-refractivity contribution in [2.75, 3.05) is 26.2 Å². The molecule has 0 radical (unpaired) electrons. The second kappa shape index (κ2) is 8.44. The molecule has 5 heteroatoms. The smallest absolute Gasteiger partial charge is 0.252 e. The summed E-state index contributed by atoms with van der Waals surface area (Å²) in [6.45, 7) is 3.64. The Morgan fingerprint density at radius 3 is 2.84 bits per heavy atom. The molecule has 1 amide bonds. The number of likely N-dealkylation sites (tertiary alicyclic amines) is 1. The van der Waals surface area contributed by atoms with E-state index in [9.17, 15) is 9.59 Å². The lowest BCUT2D eigenvalue weighted by atomic mass is 10.1. The van der Waals surface area contributed by atoms with E-state index in [1.54, 1.807) is 6.07 Å². The van der Waals surface area contributed by atoms with Crippen LogP contribution in [0.2, 0.25) is 0 Å². The molecule has 0 bridgehead atoms. The van der Waals surface area contributed by atoms with Gasteiger partial charge < -0.3 is 10.3 Å². The molecule has 1 fully saturated rings. The first-order valence-corrected chi connectivity index (χ1v) is 8.61. The fourth-order valence-electron chi connectivity index (χ4n) is 3.04. The van der Waals surface area contributed by atoms with E-state index in [1.165, 1.54) is 17.8 Å². The lowest BCUT2D eigenvalue weighted by Gasteiger charge is -2.14. The summed E-state index contributed by atoms with van der Waals surface area (Å²) in [5, 5.41) is 2.96. The van der Waals surface area contributed by atoms with Crippen LogP contribution in [0.15, 0.2) is 59.5 Å². The van der Waals surface area contributed by atoms with Crippen molar-refractivity contribution in [3.63, 3.8) is 0 Å². The minimum atomic E-state index is -0.202. The monoisotopic (exact) mass is 337 g/mol. The number of pyridine rings is 1. The van der Waals surface area contributed by atoms with Gasteiger partial charge in [-0.2, -0.15) is 0 Å². The highest BCUT2D eigenvalue weighted by molar-refractivity contribution is 5.93. The Hall–Kier alpha value is -2.66. The van der Waals surface area contributed by atoms with E-state index in [2.05, 4.69) is 39.5 Å². The van der Waals surface area contributed by atoms with Crippen LogP contribution in [0.1, 0.15) is 22.3 Å². The number of carbonyl (C=O) groups excluding carboxylic acids is 1. The maximum Gasteiger partial charge on any atom is 0.252 e. The molecule has 1 aliphatic heterocycles. The lowest BCUT2D eigenvalue weighted by molar-refractivity contribution is 0.0947. The highest BCUT2D eigenvalue weighted by atomic mass is 16.1. The summed E-state index contributed by atoms with van der Waals surface area (Å²) in [5.74, 6) is 0.329. The SMILES string of the molecule is O=C(NCC1CCN(CC=Cc2ccccc2)C1)c1ccc(=O)[nH]c1. The van der Waals surface area contributed by atoms with Crippen molar-refractivity contribution >= 4 is 12.0 Å². The number of hydrogen-bond acceptors (Lipinski definition) is 3. The molecule has 1 aromatic heterocycles. The first kappa shape index (κ1) is 17.2. The van der Waals surface area contributed by atoms with E-state index in [0.717, 1.165) is 26.1 Å². The van der Waals surface area contributed by atoms with Gasteiger partial charge in [0.15, 0.2) is 0 Å². The number of nitrogens with one attached hydrogen (secondary N) is 2. The summed E-state index contributed by atoms with van der Waals surface area (Å²) in [4.78, 5) is 28.0. The van der Waals surface area contributed by atoms with Crippen LogP contribution in [0.25, 0.3) is 6.08 Å². The van der Waals surface area contributed by atoms with Crippen LogP contribution >= 0.6 is 0 Å². The second-order valence-corrected chi connectivity index (χ2v) is 6.38. The highest BCUT2D eigenvalue weighted by Gasteiger charge is 2.22. The summed E-state index contributed by atoms with van der Waals surface area (Å²) in [6.07, 6.45) is 6.87. The Kier molecular flexibility index (Phi) is 5.80. The Morgan fingerprint density at radius 2 is 2.08 bits per heavy atom. The van der Waals surface area contributed by atoms with Gasteiger partial charge in [0, 0.05) is 31.9 Å². The summed E-state index contributed by atoms with van der Waals surface area (Å²) < 4.78 is 0. The van der Waals surface area contributed by atoms with Gasteiger partial charge >= 0.3 is 0 Å². The molecule has 1 unspecified atom stereocenters. The van der Waals surface area contributed by atoms with Gasteiger partial charge in [-0.3, -0.25) is 14.5 Å². The van der Waals surface area contributed by atoms with Gasteiger partial charge in [-0.25, -0.2) is 0 Å². The van der Waals surface area contributed by atoms with E-state index in [1.807, 2.05) is 18.2 Å². The molecular formula is C20H23N3O2. The van der Waals surface area contributed by atoms with Crippen molar-refractivity contribution in [3.8, 4) is 0 Å². The van der Waals surface area contributed by atoms with Crippen molar-refractivity contribution in [2.24, 2.45) is 5.92 Å². The summed E-state index contributed by atoms with van der Waals surface area (Å²) in [5.41, 5.74) is 1.50. The number of rotatable bonds is 6. The Morgan fingerprint density at radius 1 is 1.24 bits per heavy atom. The summed E-state index contributed by atoms with van der Waals surface area (Å²) >= 11 is 0. The number of aromatic nitrogens is 1. The zero-order valence-corrected chi connectivity index (χ0v) is 14.2. The van der Waals surface area contributed by atoms with Crippen LogP contribution in [-0.4, -0.2) is 42.0 Å². The number of H-pyrrole nitrogens is 1. The molecule has 1 aromatic carbocycles. The van der Waals surface area contributed by atoms with Gasteiger partial charge in [0.1, 0.15) is 0 Å². The molecule has 0 aliphatic carbocycles. The maximum absolute atomic E-state index is 12.1. The van der Waals surface area contributed by atoms with Gasteiger partial charge in [0.2, 0.25) is 5.56 Å². The molecule has 3 rings (SSSR count). The molecule has 2 N–H and O–H groups in total. The van der Waals surface area contributed by atoms with Gasteiger partial charge in [0.05, 0.1) is 5.56 Å². The predicted octanol–water partition coefficient (Wildman–Crippen LogP) is 2.14. The van der Waals surface area contributed by atoms with Crippen LogP contribution in [0, 0.1) is 5.92 Å². The Bertz CT molecular complexity index is 763. The van der Waals surface area contributed by atoms with E-state index >= 15 is 0 Å². The number of nitrogens with zero attached hydrogens (tertiary/aromatic N) is 1. The number of amides is 1. The fraction of sp³-hybridized carbons (Fsp3) is 0.300. The summed E-state index contributed by atoms with van der Waals surface area (Å²) in [7, 11) is 0. The largest absolute Gasteiger partial charge is 0.352 e. The third kappa shape index (κ3) is 5.16. The molecule has 2 aromatic rings. The van der Waals surface area contributed by atoms with Crippen LogP contribution in [0.3, 0.4) is 0 Å². The molecule has 1 aliphatic rings. The van der Waals surface area contributed by atoms with E-state index in [-0.39, 0.29) is 11.5 Å². The normalized spacial score (nSPS) is 17.8. The van der Waals surface area contributed by atoms with Crippen molar-refractivity contribution in [1.29, 1.82) is 0 Å². The van der Waals surface area contributed by atoms with E-state index < -0.39 is 0 Å². The molecule has 2 heterocycles. The average molecular weight is 337 g/mol. The third-order valence-electron chi connectivity index (χ3n) is 4.44. The molecule has 0 saturated carbocycles. The zero-order chi connectivity index (χ0) is 17.5. The highest BCUT2D eigenvalue weighted by Crippen LogP contribution is 2.15. The van der Waals surface area contributed by atoms with Crippen molar-refractivity contribution in [3.05, 3.63) is 76.2 Å². The van der Waals surface area contributed by atoms with Gasteiger partial charge in [-0.05, 0) is 30.5 Å². The molecule has 0 spiro atoms. The van der Waals surface area contributed by atoms with Crippen LogP contribution in [0.5, 0.6) is 0 Å². The number of benzene rings is 1. The first-order valence-electron chi connectivity index (χ1n) is 8.61. The average Bonchev–Trinajstić information content (AvgIpc) is 3.09. The van der Waals surface area contributed by atoms with E-state index in [0.29, 0.717) is 18.0 Å². The topological polar surface area (TPSA) is 65.2 Å². The Balaban J connectivity index is 1.41. The molecule has 25 heavy (non-hydrogen) atoms. The molecule has 5 nitrogen and oxygen atoms in total. The predicted molar refractivity (Wildman–Crippen MR) is 99.4 cm³/mol. The van der Waals surface area contributed by atoms with Crippen molar-refractivity contribution < 1.29 is 4.79 Å². The first-order chi connectivity index (χ1) is 12.2. The third-order valence-corrected chi connectivity index (χ3v) is 4.44. The van der Waals surface area contributed by atoms with Gasteiger partial charge in [0.25, 0.3) is 5.91 Å². The van der Waals surface area contributed by atoms with Gasteiger partial charge in [-0.15, -0.1) is 0 Å². The minimum Gasteiger partial charge on any atom is -0.352 e. The van der Waals surface area contributed by atoms with Crippen molar-refractivity contribution in [1.82, 2.24) is 15.2 Å². The fourth-order valence-corrected chi connectivity index (χ4v) is 3.04. The van der Waals surface area contributed by atoms with E-state index in [4.69, 9.17) is 0 Å². The Labute approximate surface area is 147 Å². The standard InChI is InChI=1S/C20H23N3O2/c24-19-9-8-18(14-21-19)20(25)22-13-17-10-12-23(15-17)11-4-7-16-5-2-1-3-6-16/h1-9,14,17H,10-13,15H2,(H,21,24)(H,22,25). The van der Waals surface area contributed by atoms with Crippen LogP contribution in [-0.2, 0) is 0 Å². The number of carbonyl (C=O) groups is 1. The number of hydrogen-bond donors (Lipinski definition) is 2. The number of aromatic amines is 1. The maximum atomic E-state index is 12.1. The summed E-state index contributed by atoms with van der Waals surface area (Å²) in [6, 6.07) is 13.2. The molecular weight excluding hydrogens is 314 g/mol. The second-order valence-electron chi connectivity index (χ2n) is 6.38. The molecule has 130 valence electrons. The zero-order valence-electron chi connectivity index (χ0n) is 14.2. The van der Waals surface area contributed by atoms with Crippen LogP contribution in [0.4, 0.5) is 0 Å². The van der Waals surface area contributed by atoms with Crippen molar-refractivity contribution in [2.45, 2.75) is 6.42 Å². The van der Waals surface area contributed by atoms with Gasteiger partial charge in [-0.1, -0.05) is 42.5 Å². The molecule has 1 saturated heterocycles.